The Morgan fingerprint density at radius 1 is 0.950 bits per heavy atom. The Morgan fingerprint density at radius 3 is 2.15 bits per heavy atom. The lowest BCUT2D eigenvalue weighted by Gasteiger charge is -2.55. The van der Waals surface area contributed by atoms with Gasteiger partial charge in [0.25, 0.3) is 0 Å². The van der Waals surface area contributed by atoms with Gasteiger partial charge in [0.2, 0.25) is 0 Å². The van der Waals surface area contributed by atoms with Crippen LogP contribution in [0.4, 0.5) is 0 Å². The Morgan fingerprint density at radius 2 is 1.55 bits per heavy atom. The van der Waals surface area contributed by atoms with E-state index in [9.17, 15) is 0 Å². The van der Waals surface area contributed by atoms with E-state index in [2.05, 4.69) is 43.4 Å². The average Bonchev–Trinajstić information content (AvgIpc) is 2.42. The van der Waals surface area contributed by atoms with E-state index in [1.807, 2.05) is 0 Å². The van der Waals surface area contributed by atoms with Crippen molar-refractivity contribution in [3.05, 3.63) is 35.4 Å². The Bertz CT molecular complexity index is 464. The van der Waals surface area contributed by atoms with Crippen molar-refractivity contribution in [1.29, 1.82) is 0 Å². The van der Waals surface area contributed by atoms with Crippen molar-refractivity contribution in [2.45, 2.75) is 58.0 Å². The van der Waals surface area contributed by atoms with Crippen LogP contribution < -0.4 is 5.32 Å². The lowest BCUT2D eigenvalue weighted by Crippen LogP contribution is -2.54. The number of rotatable bonds is 3. The highest BCUT2D eigenvalue weighted by Crippen LogP contribution is 2.54. The minimum absolute atomic E-state index is 0.499. The number of nitrogens with one attached hydrogen (secondary N) is 1. The second-order valence-corrected chi connectivity index (χ2v) is 7.70. The first kappa shape index (κ1) is 12.9. The van der Waals surface area contributed by atoms with E-state index in [0.29, 0.717) is 6.04 Å². The lowest BCUT2D eigenvalue weighted by molar-refractivity contribution is -0.0171. The summed E-state index contributed by atoms with van der Waals surface area (Å²) in [5.74, 6) is 4.09. The predicted octanol–water partition coefficient (Wildman–Crippen LogP) is 4.47. The number of benzene rings is 1. The molecule has 1 nitrogen and oxygen atoms in total. The summed E-state index contributed by atoms with van der Waals surface area (Å²) >= 11 is 0. The minimum atomic E-state index is 0.499. The smallest absolute Gasteiger partial charge is 0.0297 e. The van der Waals surface area contributed by atoms with Crippen molar-refractivity contribution in [3.63, 3.8) is 0 Å². The monoisotopic (exact) mass is 269 g/mol. The molecule has 0 aromatic heterocycles. The van der Waals surface area contributed by atoms with Crippen LogP contribution in [0.5, 0.6) is 0 Å². The van der Waals surface area contributed by atoms with Crippen LogP contribution in [0.15, 0.2) is 24.3 Å². The third-order valence-corrected chi connectivity index (χ3v) is 6.32. The van der Waals surface area contributed by atoms with Crippen LogP contribution in [0.2, 0.25) is 0 Å². The van der Waals surface area contributed by atoms with Gasteiger partial charge in [0.1, 0.15) is 0 Å². The van der Waals surface area contributed by atoms with Gasteiger partial charge in [0.05, 0.1) is 0 Å². The highest BCUT2D eigenvalue weighted by molar-refractivity contribution is 5.28. The molecule has 4 fully saturated rings. The normalized spacial score (nSPS) is 40.0. The van der Waals surface area contributed by atoms with Gasteiger partial charge >= 0.3 is 0 Å². The quantitative estimate of drug-likeness (QED) is 0.853. The van der Waals surface area contributed by atoms with Crippen molar-refractivity contribution in [3.8, 4) is 0 Å². The molecule has 0 aliphatic heterocycles. The topological polar surface area (TPSA) is 12.0 Å². The van der Waals surface area contributed by atoms with Gasteiger partial charge in [-0.15, -0.1) is 0 Å². The molecule has 0 spiro atoms. The van der Waals surface area contributed by atoms with Gasteiger partial charge in [-0.1, -0.05) is 24.3 Å². The Labute approximate surface area is 123 Å². The first-order valence-electron chi connectivity index (χ1n) is 8.52. The van der Waals surface area contributed by atoms with Gasteiger partial charge in [-0.3, -0.25) is 0 Å². The Kier molecular flexibility index (Phi) is 3.14. The van der Waals surface area contributed by atoms with E-state index < -0.39 is 0 Å². The molecule has 1 N–H and O–H groups in total. The zero-order chi connectivity index (χ0) is 13.7. The van der Waals surface area contributed by atoms with Crippen molar-refractivity contribution in [2.24, 2.45) is 23.7 Å². The summed E-state index contributed by atoms with van der Waals surface area (Å²) in [5, 5.41) is 4.02. The van der Waals surface area contributed by atoms with E-state index in [1.54, 1.807) is 6.42 Å². The molecule has 20 heavy (non-hydrogen) atoms. The summed E-state index contributed by atoms with van der Waals surface area (Å²) in [6, 6.07) is 10.1. The van der Waals surface area contributed by atoms with Crippen molar-refractivity contribution in [2.75, 3.05) is 0 Å². The largest absolute Gasteiger partial charge is 0.307 e. The fraction of sp³-hybridized carbons (Fsp3) is 0.684. The summed E-state index contributed by atoms with van der Waals surface area (Å²) < 4.78 is 0. The standard InChI is InChI=1S/C19H27N/c1-12-5-3-4-6-18(12)13(2)20-19-16-8-14-7-15(10-16)11-17(19)9-14/h3-6,13-17,19-20H,7-11H2,1-2H3. The maximum absolute atomic E-state index is 4.02. The number of hydrogen-bond donors (Lipinski definition) is 1. The van der Waals surface area contributed by atoms with Gasteiger partial charge in [0.15, 0.2) is 0 Å². The molecule has 1 heteroatoms. The first-order valence-corrected chi connectivity index (χ1v) is 8.52. The van der Waals surface area contributed by atoms with Crippen molar-refractivity contribution >= 4 is 0 Å². The van der Waals surface area contributed by atoms with Crippen LogP contribution in [0.3, 0.4) is 0 Å². The summed E-state index contributed by atoms with van der Waals surface area (Å²) in [5.41, 5.74) is 2.91. The molecule has 4 aliphatic carbocycles. The second kappa shape index (κ2) is 4.87. The van der Waals surface area contributed by atoms with Crippen LogP contribution >= 0.6 is 0 Å². The number of aryl methyl sites for hydroxylation is 1. The van der Waals surface area contributed by atoms with E-state index >= 15 is 0 Å². The highest BCUT2D eigenvalue weighted by Gasteiger charge is 2.48. The summed E-state index contributed by atoms with van der Waals surface area (Å²) in [6.45, 7) is 4.60. The van der Waals surface area contributed by atoms with Gasteiger partial charge in [0, 0.05) is 12.1 Å². The Balaban J connectivity index is 1.50. The average molecular weight is 269 g/mol. The predicted molar refractivity (Wildman–Crippen MR) is 83.6 cm³/mol. The van der Waals surface area contributed by atoms with Gasteiger partial charge in [-0.05, 0) is 80.8 Å². The summed E-state index contributed by atoms with van der Waals surface area (Å²) in [7, 11) is 0. The van der Waals surface area contributed by atoms with Gasteiger partial charge in [-0.25, -0.2) is 0 Å². The third-order valence-electron chi connectivity index (χ3n) is 6.32. The van der Waals surface area contributed by atoms with Crippen LogP contribution in [-0.4, -0.2) is 6.04 Å². The second-order valence-electron chi connectivity index (χ2n) is 7.70. The van der Waals surface area contributed by atoms with E-state index in [0.717, 1.165) is 29.7 Å². The fourth-order valence-electron chi connectivity index (χ4n) is 5.65. The minimum Gasteiger partial charge on any atom is -0.307 e. The maximum Gasteiger partial charge on any atom is 0.0297 e. The zero-order valence-corrected chi connectivity index (χ0v) is 12.8. The van der Waals surface area contributed by atoms with Crippen LogP contribution in [-0.2, 0) is 0 Å². The fourth-order valence-corrected chi connectivity index (χ4v) is 5.65. The molecule has 1 unspecified atom stereocenters. The molecule has 0 amide bonds. The van der Waals surface area contributed by atoms with Crippen molar-refractivity contribution in [1.82, 2.24) is 5.32 Å². The molecule has 4 aliphatic rings. The summed E-state index contributed by atoms with van der Waals surface area (Å²) in [6.07, 6.45) is 7.57. The summed E-state index contributed by atoms with van der Waals surface area (Å²) in [4.78, 5) is 0. The molecule has 1 aromatic carbocycles. The molecule has 108 valence electrons. The highest BCUT2D eigenvalue weighted by atomic mass is 15.0. The molecule has 1 atom stereocenters. The molecule has 5 rings (SSSR count). The van der Waals surface area contributed by atoms with Crippen LogP contribution in [0.1, 0.15) is 56.2 Å². The molecule has 4 bridgehead atoms. The Hall–Kier alpha value is -0.820. The van der Waals surface area contributed by atoms with E-state index in [1.165, 1.54) is 36.8 Å². The van der Waals surface area contributed by atoms with Crippen molar-refractivity contribution < 1.29 is 0 Å². The molecule has 0 radical (unpaired) electrons. The molecule has 0 saturated heterocycles. The molecular weight excluding hydrogens is 242 g/mol. The van der Waals surface area contributed by atoms with E-state index in [4.69, 9.17) is 0 Å². The van der Waals surface area contributed by atoms with Crippen LogP contribution in [0, 0.1) is 30.6 Å². The molecule has 1 aromatic rings. The van der Waals surface area contributed by atoms with Crippen LogP contribution in [0.25, 0.3) is 0 Å². The van der Waals surface area contributed by atoms with Gasteiger partial charge < -0.3 is 5.32 Å². The molecule has 0 heterocycles. The number of hydrogen-bond acceptors (Lipinski definition) is 1. The third kappa shape index (κ3) is 2.11. The zero-order valence-electron chi connectivity index (χ0n) is 12.8. The SMILES string of the molecule is Cc1ccccc1C(C)NC1C2CC3CC(C2)CC1C3. The first-order chi connectivity index (χ1) is 9.70. The van der Waals surface area contributed by atoms with E-state index in [-0.39, 0.29) is 0 Å². The maximum atomic E-state index is 4.02. The lowest BCUT2D eigenvalue weighted by atomic mass is 9.54. The van der Waals surface area contributed by atoms with Gasteiger partial charge in [-0.2, -0.15) is 0 Å². The molecular formula is C19H27N. The molecule has 4 saturated carbocycles.